The van der Waals surface area contributed by atoms with Gasteiger partial charge in [0.15, 0.2) is 5.16 Å². The third-order valence-corrected chi connectivity index (χ3v) is 4.83. The molecule has 1 saturated heterocycles. The van der Waals surface area contributed by atoms with Crippen LogP contribution in [-0.2, 0) is 6.54 Å². The lowest BCUT2D eigenvalue weighted by molar-refractivity contribution is 0.249. The van der Waals surface area contributed by atoms with Gasteiger partial charge in [0.2, 0.25) is 0 Å². The van der Waals surface area contributed by atoms with E-state index in [4.69, 9.17) is 0 Å². The number of hydrogen-bond donors (Lipinski definition) is 0. The maximum absolute atomic E-state index is 4.63. The van der Waals surface area contributed by atoms with Crippen LogP contribution >= 0.6 is 27.7 Å². The first-order valence-corrected chi connectivity index (χ1v) is 9.21. The van der Waals surface area contributed by atoms with E-state index < -0.39 is 0 Å². The van der Waals surface area contributed by atoms with Gasteiger partial charge in [-0.3, -0.25) is 9.88 Å². The molecule has 0 unspecified atom stereocenters. The lowest BCUT2D eigenvalue weighted by Crippen LogP contribution is -2.46. The molecular weight excluding hydrogens is 362 g/mol. The summed E-state index contributed by atoms with van der Waals surface area (Å²) >= 11 is 5.14. The van der Waals surface area contributed by atoms with Crippen LogP contribution < -0.4 is 4.90 Å². The molecule has 0 aliphatic carbocycles. The molecule has 3 rings (SSSR count). The summed E-state index contributed by atoms with van der Waals surface area (Å²) in [5.41, 5.74) is 1.32. The maximum atomic E-state index is 4.63. The highest BCUT2D eigenvalue weighted by molar-refractivity contribution is 9.10. The molecule has 0 saturated carbocycles. The molecule has 0 amide bonds. The van der Waals surface area contributed by atoms with E-state index in [9.17, 15) is 0 Å². The zero-order chi connectivity index (χ0) is 15.4. The van der Waals surface area contributed by atoms with Crippen LogP contribution in [0.2, 0.25) is 0 Å². The minimum absolute atomic E-state index is 0.817. The Morgan fingerprint density at radius 1 is 1.18 bits per heavy atom. The molecule has 0 radical (unpaired) electrons. The predicted molar refractivity (Wildman–Crippen MR) is 93.2 cm³/mol. The SMILES string of the molecule is CSc1ncc(Br)c(N2CCN(Cc3ccncc3)CC2)n1. The van der Waals surface area contributed by atoms with E-state index >= 15 is 0 Å². The fourth-order valence-corrected chi connectivity index (χ4v) is 3.30. The van der Waals surface area contributed by atoms with Crippen molar-refractivity contribution in [3.8, 4) is 0 Å². The van der Waals surface area contributed by atoms with Gasteiger partial charge in [0.25, 0.3) is 0 Å². The molecule has 5 nitrogen and oxygen atoms in total. The summed E-state index contributed by atoms with van der Waals surface area (Å²) in [6.45, 7) is 5.02. The summed E-state index contributed by atoms with van der Waals surface area (Å²) in [6, 6.07) is 4.16. The minimum Gasteiger partial charge on any atom is -0.353 e. The number of thioether (sulfide) groups is 1. The molecule has 1 aliphatic heterocycles. The Morgan fingerprint density at radius 3 is 2.59 bits per heavy atom. The molecule has 22 heavy (non-hydrogen) atoms. The summed E-state index contributed by atoms with van der Waals surface area (Å²) in [4.78, 5) is 17.8. The van der Waals surface area contributed by atoms with Gasteiger partial charge < -0.3 is 4.90 Å². The van der Waals surface area contributed by atoms with Crippen molar-refractivity contribution in [2.75, 3.05) is 37.3 Å². The number of nitrogens with zero attached hydrogens (tertiary/aromatic N) is 5. The molecule has 1 aliphatic rings. The Labute approximate surface area is 143 Å². The summed E-state index contributed by atoms with van der Waals surface area (Å²) in [7, 11) is 0. The van der Waals surface area contributed by atoms with E-state index in [0.717, 1.165) is 48.2 Å². The molecular formula is C15H18BrN5S. The molecule has 0 N–H and O–H groups in total. The van der Waals surface area contributed by atoms with Crippen molar-refractivity contribution in [2.45, 2.75) is 11.7 Å². The van der Waals surface area contributed by atoms with Crippen molar-refractivity contribution >= 4 is 33.5 Å². The molecule has 0 aromatic carbocycles. The fourth-order valence-electron chi connectivity index (χ4n) is 2.53. The van der Waals surface area contributed by atoms with Crippen LogP contribution in [0.3, 0.4) is 0 Å². The van der Waals surface area contributed by atoms with E-state index in [2.05, 4.69) is 52.8 Å². The predicted octanol–water partition coefficient (Wildman–Crippen LogP) is 2.68. The number of aromatic nitrogens is 3. The second-order valence-corrected chi connectivity index (χ2v) is 6.77. The van der Waals surface area contributed by atoms with Crippen molar-refractivity contribution in [1.29, 1.82) is 0 Å². The molecule has 7 heteroatoms. The Morgan fingerprint density at radius 2 is 1.91 bits per heavy atom. The lowest BCUT2D eigenvalue weighted by atomic mass is 10.2. The molecule has 2 aromatic heterocycles. The van der Waals surface area contributed by atoms with Gasteiger partial charge in [-0.1, -0.05) is 11.8 Å². The van der Waals surface area contributed by atoms with Gasteiger partial charge in [-0.25, -0.2) is 9.97 Å². The largest absolute Gasteiger partial charge is 0.353 e. The number of anilines is 1. The van der Waals surface area contributed by atoms with Crippen molar-refractivity contribution in [3.63, 3.8) is 0 Å². The molecule has 0 bridgehead atoms. The third kappa shape index (κ3) is 3.77. The second-order valence-electron chi connectivity index (χ2n) is 5.15. The highest BCUT2D eigenvalue weighted by atomic mass is 79.9. The zero-order valence-electron chi connectivity index (χ0n) is 12.4. The molecule has 1 fully saturated rings. The Hall–Kier alpha value is -1.18. The van der Waals surface area contributed by atoms with Crippen LogP contribution in [0.1, 0.15) is 5.56 Å². The first-order valence-electron chi connectivity index (χ1n) is 7.19. The molecule has 0 atom stereocenters. The van der Waals surface area contributed by atoms with Crippen molar-refractivity contribution in [1.82, 2.24) is 19.9 Å². The Balaban J connectivity index is 1.62. The van der Waals surface area contributed by atoms with Crippen molar-refractivity contribution in [2.24, 2.45) is 0 Å². The summed E-state index contributed by atoms with van der Waals surface area (Å²) in [6.07, 6.45) is 7.55. The van der Waals surface area contributed by atoms with E-state index in [1.165, 1.54) is 5.56 Å². The standard InChI is InChI=1S/C15H18BrN5S/c1-22-15-18-10-13(16)14(19-15)21-8-6-20(7-9-21)11-12-2-4-17-5-3-12/h2-5,10H,6-9,11H2,1H3. The van der Waals surface area contributed by atoms with E-state index in [1.54, 1.807) is 11.8 Å². The van der Waals surface area contributed by atoms with Crippen molar-refractivity contribution < 1.29 is 0 Å². The summed E-state index contributed by atoms with van der Waals surface area (Å²) in [5.74, 6) is 1.00. The highest BCUT2D eigenvalue weighted by Gasteiger charge is 2.20. The van der Waals surface area contributed by atoms with Crippen LogP contribution in [0.4, 0.5) is 5.82 Å². The van der Waals surface area contributed by atoms with Gasteiger partial charge in [-0.15, -0.1) is 0 Å². The molecule has 116 valence electrons. The number of hydrogen-bond acceptors (Lipinski definition) is 6. The van der Waals surface area contributed by atoms with E-state index in [1.807, 2.05) is 24.8 Å². The van der Waals surface area contributed by atoms with Gasteiger partial charge in [0.1, 0.15) is 5.82 Å². The van der Waals surface area contributed by atoms with Gasteiger partial charge in [-0.2, -0.15) is 0 Å². The minimum atomic E-state index is 0.817. The topological polar surface area (TPSA) is 45.2 Å². The normalized spacial score (nSPS) is 16.0. The van der Waals surface area contributed by atoms with Gasteiger partial charge >= 0.3 is 0 Å². The number of rotatable bonds is 4. The highest BCUT2D eigenvalue weighted by Crippen LogP contribution is 2.26. The number of pyridine rings is 1. The fraction of sp³-hybridized carbons (Fsp3) is 0.400. The van der Waals surface area contributed by atoms with Gasteiger partial charge in [-0.05, 0) is 39.9 Å². The van der Waals surface area contributed by atoms with Crippen LogP contribution in [0.15, 0.2) is 40.4 Å². The quantitative estimate of drug-likeness (QED) is 0.600. The van der Waals surface area contributed by atoms with Crippen molar-refractivity contribution in [3.05, 3.63) is 40.8 Å². The summed E-state index contributed by atoms with van der Waals surface area (Å²) in [5, 5.41) is 0.817. The second kappa shape index (κ2) is 7.39. The summed E-state index contributed by atoms with van der Waals surface area (Å²) < 4.78 is 0.966. The van der Waals surface area contributed by atoms with E-state index in [0.29, 0.717) is 0 Å². The monoisotopic (exact) mass is 379 g/mol. The molecule has 2 aromatic rings. The average molecular weight is 380 g/mol. The van der Waals surface area contributed by atoms with E-state index in [-0.39, 0.29) is 0 Å². The lowest BCUT2D eigenvalue weighted by Gasteiger charge is -2.35. The average Bonchev–Trinajstić information content (AvgIpc) is 2.57. The Kier molecular flexibility index (Phi) is 5.28. The van der Waals surface area contributed by atoms with Gasteiger partial charge in [0, 0.05) is 51.3 Å². The van der Waals surface area contributed by atoms with Crippen LogP contribution in [0.5, 0.6) is 0 Å². The zero-order valence-corrected chi connectivity index (χ0v) is 14.8. The molecule has 0 spiro atoms. The van der Waals surface area contributed by atoms with Crippen LogP contribution in [0.25, 0.3) is 0 Å². The van der Waals surface area contributed by atoms with Crippen LogP contribution in [-0.4, -0.2) is 52.3 Å². The Bertz CT molecular complexity index is 617. The maximum Gasteiger partial charge on any atom is 0.189 e. The molecule has 3 heterocycles. The first kappa shape index (κ1) is 15.7. The first-order chi connectivity index (χ1) is 10.8. The van der Waals surface area contributed by atoms with Gasteiger partial charge in [0.05, 0.1) is 4.47 Å². The smallest absolute Gasteiger partial charge is 0.189 e. The number of piperazine rings is 1. The third-order valence-electron chi connectivity index (χ3n) is 3.71. The van der Waals surface area contributed by atoms with Crippen LogP contribution in [0, 0.1) is 0 Å². The number of halogens is 1.